The van der Waals surface area contributed by atoms with Crippen LogP contribution < -0.4 is 10.9 Å². The first-order valence-corrected chi connectivity index (χ1v) is 11.8. The lowest BCUT2D eigenvalue weighted by Crippen LogP contribution is -2.33. The minimum atomic E-state index is -4.03. The van der Waals surface area contributed by atoms with Crippen molar-refractivity contribution in [3.8, 4) is 5.75 Å². The smallest absolute Gasteiger partial charge is 0.286 e. The van der Waals surface area contributed by atoms with E-state index >= 15 is 0 Å². The van der Waals surface area contributed by atoms with E-state index in [-0.39, 0.29) is 22.0 Å². The lowest BCUT2D eigenvalue weighted by atomic mass is 10.1. The first kappa shape index (κ1) is 19.5. The molecule has 0 aliphatic carbocycles. The van der Waals surface area contributed by atoms with E-state index < -0.39 is 15.6 Å². The van der Waals surface area contributed by atoms with E-state index in [1.807, 2.05) is 16.8 Å². The molecule has 8 nitrogen and oxygen atoms in total. The van der Waals surface area contributed by atoms with E-state index in [2.05, 4.69) is 14.7 Å². The lowest BCUT2D eigenvalue weighted by Gasteiger charge is -2.20. The van der Waals surface area contributed by atoms with E-state index in [9.17, 15) is 18.3 Å². The van der Waals surface area contributed by atoms with Crippen molar-refractivity contribution in [1.82, 2.24) is 9.55 Å². The molecule has 0 bridgehead atoms. The normalized spacial score (nSPS) is 14.6. The number of rotatable bonds is 4. The van der Waals surface area contributed by atoms with Gasteiger partial charge in [0.05, 0.1) is 11.1 Å². The highest BCUT2D eigenvalue weighted by atomic mass is 32.2. The van der Waals surface area contributed by atoms with E-state index in [4.69, 9.17) is 0 Å². The maximum atomic E-state index is 13.4. The van der Waals surface area contributed by atoms with Crippen LogP contribution in [0.4, 0.5) is 5.69 Å². The Balaban J connectivity index is 1.71. The van der Waals surface area contributed by atoms with Crippen LogP contribution in [-0.4, -0.2) is 28.9 Å². The Morgan fingerprint density at radius 1 is 1.13 bits per heavy atom. The second kappa shape index (κ2) is 7.33. The van der Waals surface area contributed by atoms with Gasteiger partial charge in [0.25, 0.3) is 15.6 Å². The number of hydrogen-bond donors (Lipinski definition) is 2. The minimum absolute atomic E-state index is 0.0125. The number of anilines is 1. The molecule has 1 aliphatic rings. The number of amidine groups is 1. The molecule has 1 aromatic carbocycles. The van der Waals surface area contributed by atoms with Crippen molar-refractivity contribution in [1.29, 1.82) is 0 Å². The van der Waals surface area contributed by atoms with Crippen LogP contribution in [0.2, 0.25) is 0 Å². The molecule has 0 spiro atoms. The molecule has 1 aliphatic heterocycles. The summed E-state index contributed by atoms with van der Waals surface area (Å²) in [6.45, 7) is 0.312. The van der Waals surface area contributed by atoms with Gasteiger partial charge in [-0.1, -0.05) is 12.1 Å². The molecular formula is C21H16N4O4S2. The SMILES string of the molecule is O=c1c(C2=NS(=O)(=O)c3ccccc3N2)c(O)c2cccnc2n1CCc1ccsc1. The van der Waals surface area contributed by atoms with Crippen molar-refractivity contribution in [3.63, 3.8) is 0 Å². The van der Waals surface area contributed by atoms with E-state index in [0.717, 1.165) is 5.56 Å². The minimum Gasteiger partial charge on any atom is -0.506 e. The molecule has 0 atom stereocenters. The standard InChI is InChI=1S/C21H16N4O4S2/c26-18-14-4-3-9-22-20(14)25(10-7-13-8-11-30-12-13)21(27)17(18)19-23-15-5-1-2-6-16(15)31(28,29)24-19/h1-6,8-9,11-12,26H,7,10H2,(H,23,24). The van der Waals surface area contributed by atoms with Crippen molar-refractivity contribution >= 4 is 43.9 Å². The molecule has 31 heavy (non-hydrogen) atoms. The number of thiophene rings is 1. The van der Waals surface area contributed by atoms with Gasteiger partial charge < -0.3 is 10.4 Å². The van der Waals surface area contributed by atoms with Crippen LogP contribution in [0.25, 0.3) is 11.0 Å². The van der Waals surface area contributed by atoms with Crippen LogP contribution in [0.1, 0.15) is 11.1 Å². The van der Waals surface area contributed by atoms with Crippen LogP contribution in [0.3, 0.4) is 0 Å². The summed E-state index contributed by atoms with van der Waals surface area (Å²) >= 11 is 1.57. The van der Waals surface area contributed by atoms with Crippen molar-refractivity contribution in [3.05, 3.63) is 80.9 Å². The van der Waals surface area contributed by atoms with Crippen molar-refractivity contribution in [2.24, 2.45) is 4.40 Å². The Bertz CT molecular complexity index is 1510. The average Bonchev–Trinajstić information content (AvgIpc) is 3.27. The Kier molecular flexibility index (Phi) is 4.60. The van der Waals surface area contributed by atoms with Gasteiger partial charge in [0.2, 0.25) is 0 Å². The van der Waals surface area contributed by atoms with Crippen molar-refractivity contribution in [2.75, 3.05) is 5.32 Å². The van der Waals surface area contributed by atoms with Gasteiger partial charge in [-0.15, -0.1) is 4.40 Å². The van der Waals surface area contributed by atoms with E-state index in [0.29, 0.717) is 29.7 Å². The molecule has 0 amide bonds. The van der Waals surface area contributed by atoms with Gasteiger partial charge in [0.1, 0.15) is 21.9 Å². The zero-order valence-corrected chi connectivity index (χ0v) is 17.7. The van der Waals surface area contributed by atoms with Crippen LogP contribution in [0.5, 0.6) is 5.75 Å². The summed E-state index contributed by atoms with van der Waals surface area (Å²) in [6, 6.07) is 11.5. The number of fused-ring (bicyclic) bond motifs is 2. The molecule has 0 radical (unpaired) electrons. The zero-order valence-electron chi connectivity index (χ0n) is 16.0. The summed E-state index contributed by atoms with van der Waals surface area (Å²) in [7, 11) is -4.03. The van der Waals surface area contributed by atoms with E-state index in [1.54, 1.807) is 47.9 Å². The van der Waals surface area contributed by atoms with Gasteiger partial charge in [0.15, 0.2) is 5.84 Å². The third-order valence-corrected chi connectivity index (χ3v) is 7.13. The molecule has 4 heterocycles. The molecule has 2 N–H and O–H groups in total. The molecule has 0 fully saturated rings. The first-order chi connectivity index (χ1) is 15.0. The molecule has 156 valence electrons. The number of para-hydroxylation sites is 1. The summed E-state index contributed by atoms with van der Waals surface area (Å²) in [4.78, 5) is 17.7. The summed E-state index contributed by atoms with van der Waals surface area (Å²) < 4.78 is 30.6. The monoisotopic (exact) mass is 452 g/mol. The largest absolute Gasteiger partial charge is 0.506 e. The van der Waals surface area contributed by atoms with Gasteiger partial charge >= 0.3 is 0 Å². The number of pyridine rings is 2. The number of sulfonamides is 1. The average molecular weight is 453 g/mol. The Labute approximate surface area is 181 Å². The number of aromatic hydroxyl groups is 1. The second-order valence-electron chi connectivity index (χ2n) is 6.97. The molecule has 10 heteroatoms. The predicted octanol–water partition coefficient (Wildman–Crippen LogP) is 2.97. The Morgan fingerprint density at radius 3 is 2.77 bits per heavy atom. The number of nitrogens with zero attached hydrogens (tertiary/aromatic N) is 3. The third-order valence-electron chi connectivity index (χ3n) is 5.06. The number of benzene rings is 1. The third kappa shape index (κ3) is 3.29. The zero-order chi connectivity index (χ0) is 21.6. The van der Waals surface area contributed by atoms with Crippen molar-refractivity contribution < 1.29 is 13.5 Å². The van der Waals surface area contributed by atoms with Crippen LogP contribution in [-0.2, 0) is 23.0 Å². The summed E-state index contributed by atoms with van der Waals surface area (Å²) in [5.41, 5.74) is 0.912. The fourth-order valence-corrected chi connectivity index (χ4v) is 5.41. The summed E-state index contributed by atoms with van der Waals surface area (Å²) in [5, 5.41) is 18.1. The maximum absolute atomic E-state index is 13.4. The van der Waals surface area contributed by atoms with Gasteiger partial charge in [-0.05, 0) is 53.1 Å². The van der Waals surface area contributed by atoms with Crippen LogP contribution in [0.15, 0.2) is 73.5 Å². The highest BCUT2D eigenvalue weighted by Gasteiger charge is 2.29. The van der Waals surface area contributed by atoms with Crippen LogP contribution >= 0.6 is 11.3 Å². The predicted molar refractivity (Wildman–Crippen MR) is 119 cm³/mol. The Morgan fingerprint density at radius 2 is 1.97 bits per heavy atom. The highest BCUT2D eigenvalue weighted by molar-refractivity contribution is 7.90. The van der Waals surface area contributed by atoms with Gasteiger partial charge in [-0.2, -0.15) is 19.8 Å². The first-order valence-electron chi connectivity index (χ1n) is 9.38. The highest BCUT2D eigenvalue weighted by Crippen LogP contribution is 2.31. The number of hydrogen-bond acceptors (Lipinski definition) is 7. The molecule has 0 unspecified atom stereocenters. The van der Waals surface area contributed by atoms with E-state index in [1.165, 1.54) is 10.6 Å². The Hall–Kier alpha value is -3.50. The molecule has 0 saturated carbocycles. The fraction of sp³-hybridized carbons (Fsp3) is 0.0952. The lowest BCUT2D eigenvalue weighted by molar-refractivity contribution is 0.477. The molecule has 3 aromatic heterocycles. The fourth-order valence-electron chi connectivity index (χ4n) is 3.58. The van der Waals surface area contributed by atoms with Crippen molar-refractivity contribution in [2.45, 2.75) is 17.9 Å². The molecular weight excluding hydrogens is 436 g/mol. The van der Waals surface area contributed by atoms with Gasteiger partial charge in [-0.25, -0.2) is 4.98 Å². The number of aryl methyl sites for hydroxylation is 2. The van der Waals surface area contributed by atoms with Gasteiger partial charge in [0, 0.05) is 12.7 Å². The molecule has 5 rings (SSSR count). The summed E-state index contributed by atoms with van der Waals surface area (Å²) in [5.74, 6) is -0.572. The second-order valence-corrected chi connectivity index (χ2v) is 9.33. The molecule has 4 aromatic rings. The summed E-state index contributed by atoms with van der Waals surface area (Å²) in [6.07, 6.45) is 2.12. The topological polar surface area (TPSA) is 114 Å². The molecule has 0 saturated heterocycles. The van der Waals surface area contributed by atoms with Gasteiger partial charge in [-0.3, -0.25) is 9.36 Å². The number of nitrogens with one attached hydrogen (secondary N) is 1. The number of aromatic nitrogens is 2. The maximum Gasteiger partial charge on any atom is 0.286 e. The van der Waals surface area contributed by atoms with Crippen LogP contribution in [0, 0.1) is 0 Å². The quantitative estimate of drug-likeness (QED) is 0.492.